The van der Waals surface area contributed by atoms with Crippen LogP contribution < -0.4 is 0 Å². The van der Waals surface area contributed by atoms with Crippen molar-refractivity contribution < 1.29 is 4.42 Å². The highest BCUT2D eigenvalue weighted by molar-refractivity contribution is 7.19. The van der Waals surface area contributed by atoms with E-state index in [0.717, 1.165) is 27.5 Å². The number of rotatable bonds is 5. The monoisotopic (exact) mass is 712 g/mol. The lowest BCUT2D eigenvalue weighted by molar-refractivity contribution is 0.655. The van der Waals surface area contributed by atoms with E-state index in [4.69, 9.17) is 4.42 Å². The van der Waals surface area contributed by atoms with Crippen molar-refractivity contribution >= 4 is 76.6 Å². The highest BCUT2D eigenvalue weighted by Gasteiger charge is 2.38. The van der Waals surface area contributed by atoms with Gasteiger partial charge in [-0.25, -0.2) is 0 Å². The predicted octanol–water partition coefficient (Wildman–Crippen LogP) is 15.4. The largest absolute Gasteiger partial charge is 0.456 e. The third kappa shape index (κ3) is 4.63. The molecular formula is C52H40OS. The maximum absolute atomic E-state index is 6.38. The van der Waals surface area contributed by atoms with Crippen LogP contribution in [0.2, 0.25) is 0 Å². The van der Waals surface area contributed by atoms with E-state index in [9.17, 15) is 0 Å². The zero-order chi connectivity index (χ0) is 36.9. The number of para-hydroxylation sites is 1. The van der Waals surface area contributed by atoms with Crippen molar-refractivity contribution in [3.8, 4) is 22.3 Å². The number of allylic oxidation sites excluding steroid dienone is 3. The second-order valence-electron chi connectivity index (χ2n) is 15.3. The molecule has 7 aromatic carbocycles. The Morgan fingerprint density at radius 3 is 1.85 bits per heavy atom. The number of furan rings is 1. The molecule has 2 aromatic heterocycles. The van der Waals surface area contributed by atoms with E-state index in [1.165, 1.54) is 92.2 Å². The van der Waals surface area contributed by atoms with Gasteiger partial charge >= 0.3 is 0 Å². The number of thiophene rings is 1. The fraction of sp³-hybridized carbons (Fsp3) is 0.115. The number of hydrogen-bond donors (Lipinski definition) is 0. The van der Waals surface area contributed by atoms with Crippen molar-refractivity contribution in [2.24, 2.45) is 0 Å². The quantitative estimate of drug-likeness (QED) is 0.162. The van der Waals surface area contributed by atoms with Gasteiger partial charge in [-0.05, 0) is 140 Å². The first-order valence-electron chi connectivity index (χ1n) is 18.8. The van der Waals surface area contributed by atoms with Crippen LogP contribution in [0.25, 0.3) is 87.5 Å². The summed E-state index contributed by atoms with van der Waals surface area (Å²) in [6.45, 7) is 15.7. The average Bonchev–Trinajstić information content (AvgIpc) is 3.78. The molecule has 1 nitrogen and oxygen atoms in total. The van der Waals surface area contributed by atoms with Crippen molar-refractivity contribution in [2.45, 2.75) is 40.0 Å². The van der Waals surface area contributed by atoms with Crippen LogP contribution in [0.15, 0.2) is 150 Å². The highest BCUT2D eigenvalue weighted by atomic mass is 32.1. The van der Waals surface area contributed by atoms with Gasteiger partial charge in [-0.3, -0.25) is 0 Å². The van der Waals surface area contributed by atoms with E-state index >= 15 is 0 Å². The zero-order valence-corrected chi connectivity index (χ0v) is 32.1. The summed E-state index contributed by atoms with van der Waals surface area (Å²) in [6.07, 6.45) is 6.49. The van der Waals surface area contributed by atoms with Gasteiger partial charge in [0.15, 0.2) is 0 Å². The maximum Gasteiger partial charge on any atom is 0.136 e. The van der Waals surface area contributed by atoms with Gasteiger partial charge in [0.25, 0.3) is 0 Å². The first-order chi connectivity index (χ1) is 26.3. The molecule has 10 rings (SSSR count). The van der Waals surface area contributed by atoms with Crippen molar-refractivity contribution in [2.75, 3.05) is 0 Å². The first-order valence-corrected chi connectivity index (χ1v) is 19.6. The Kier molecular flexibility index (Phi) is 7.28. The van der Waals surface area contributed by atoms with Gasteiger partial charge in [0, 0.05) is 31.2 Å². The Hall–Kier alpha value is -5.96. The first kappa shape index (κ1) is 32.7. The van der Waals surface area contributed by atoms with Gasteiger partial charge in [0.2, 0.25) is 0 Å². The third-order valence-corrected chi connectivity index (χ3v) is 12.9. The molecule has 1 aliphatic rings. The van der Waals surface area contributed by atoms with Gasteiger partial charge in [-0.15, -0.1) is 11.3 Å². The minimum absolute atomic E-state index is 0.223. The average molecular weight is 713 g/mol. The van der Waals surface area contributed by atoms with Crippen LogP contribution in [0.4, 0.5) is 0 Å². The molecule has 0 bridgehead atoms. The molecule has 0 saturated carbocycles. The molecule has 0 N–H and O–H groups in total. The Balaban J connectivity index is 1.18. The van der Waals surface area contributed by atoms with Gasteiger partial charge < -0.3 is 4.42 Å². The Morgan fingerprint density at radius 1 is 0.611 bits per heavy atom. The zero-order valence-electron chi connectivity index (χ0n) is 31.3. The summed E-state index contributed by atoms with van der Waals surface area (Å²) >= 11 is 1.89. The topological polar surface area (TPSA) is 13.1 Å². The molecule has 0 atom stereocenters. The van der Waals surface area contributed by atoms with Gasteiger partial charge in [0.05, 0.1) is 0 Å². The Morgan fingerprint density at radius 2 is 1.20 bits per heavy atom. The van der Waals surface area contributed by atoms with Gasteiger partial charge in [0.1, 0.15) is 11.2 Å². The van der Waals surface area contributed by atoms with Crippen LogP contribution in [-0.2, 0) is 5.41 Å². The third-order valence-electron chi connectivity index (χ3n) is 11.9. The molecule has 0 spiro atoms. The second kappa shape index (κ2) is 12.0. The van der Waals surface area contributed by atoms with Crippen LogP contribution in [0.3, 0.4) is 0 Å². The minimum Gasteiger partial charge on any atom is -0.456 e. The standard InChI is InChI=1S/C52H40OS/c1-7-15-34-31(4)54-48-29-42(30(3)26-43(34)48)51-41-25-23-32(27-45(41)52(5,6)44(51)8-2)49-37-17-9-11-19-39(37)50(40-20-12-10-18-38(40)49)33-22-24-36-35-16-13-14-21-46(35)53-47(36)28-33/h7-29H,2H2,1,3-6H3/b15-7-. The lowest BCUT2D eigenvalue weighted by atomic mass is 9.79. The molecule has 0 unspecified atom stereocenters. The molecule has 9 aromatic rings. The van der Waals surface area contributed by atoms with E-state index in [0.29, 0.717) is 0 Å². The molecule has 2 heteroatoms. The summed E-state index contributed by atoms with van der Waals surface area (Å²) < 4.78 is 7.71. The fourth-order valence-electron chi connectivity index (χ4n) is 9.35. The van der Waals surface area contributed by atoms with Gasteiger partial charge in [-0.2, -0.15) is 0 Å². The van der Waals surface area contributed by atoms with Crippen molar-refractivity contribution in [1.82, 2.24) is 0 Å². The summed E-state index contributed by atoms with van der Waals surface area (Å²) in [7, 11) is 0. The summed E-state index contributed by atoms with van der Waals surface area (Å²) in [5.74, 6) is 0. The lowest BCUT2D eigenvalue weighted by Gasteiger charge is -2.24. The Bertz CT molecular complexity index is 3060. The van der Waals surface area contributed by atoms with Gasteiger partial charge in [-0.1, -0.05) is 124 Å². The number of fused-ring (bicyclic) bond motifs is 7. The van der Waals surface area contributed by atoms with Crippen LogP contribution in [0.5, 0.6) is 0 Å². The van der Waals surface area contributed by atoms with E-state index in [1.807, 2.05) is 23.5 Å². The van der Waals surface area contributed by atoms with E-state index in [-0.39, 0.29) is 5.41 Å². The second-order valence-corrected chi connectivity index (χ2v) is 16.5. The maximum atomic E-state index is 6.38. The fourth-order valence-corrected chi connectivity index (χ4v) is 10.4. The molecule has 54 heavy (non-hydrogen) atoms. The SMILES string of the molecule is C=CC1=C(c2cc3sc(C)c(/C=C\C)c3cc2C)c2ccc(-c3c4ccccc4c(-c4ccc5c(c4)oc4ccccc45)c4ccccc34)cc2C1(C)C. The molecule has 0 radical (unpaired) electrons. The van der Waals surface area contributed by atoms with E-state index in [1.54, 1.807) is 0 Å². The van der Waals surface area contributed by atoms with Crippen LogP contribution >= 0.6 is 11.3 Å². The van der Waals surface area contributed by atoms with E-state index < -0.39 is 0 Å². The molecule has 2 heterocycles. The summed E-state index contributed by atoms with van der Waals surface area (Å²) in [4.78, 5) is 1.36. The summed E-state index contributed by atoms with van der Waals surface area (Å²) in [5, 5.41) is 8.59. The molecule has 0 amide bonds. The molecule has 260 valence electrons. The van der Waals surface area contributed by atoms with Crippen molar-refractivity contribution in [3.05, 3.63) is 178 Å². The smallest absolute Gasteiger partial charge is 0.136 e. The van der Waals surface area contributed by atoms with Crippen molar-refractivity contribution in [1.29, 1.82) is 0 Å². The number of hydrogen-bond acceptors (Lipinski definition) is 2. The van der Waals surface area contributed by atoms with Crippen LogP contribution in [0.1, 0.15) is 53.5 Å². The minimum atomic E-state index is -0.223. The Labute approximate surface area is 320 Å². The number of benzene rings is 7. The predicted molar refractivity (Wildman–Crippen MR) is 235 cm³/mol. The highest BCUT2D eigenvalue weighted by Crippen LogP contribution is 2.53. The molecule has 0 fully saturated rings. The molecular weight excluding hydrogens is 673 g/mol. The molecule has 0 aliphatic heterocycles. The van der Waals surface area contributed by atoms with E-state index in [2.05, 4.69) is 169 Å². The van der Waals surface area contributed by atoms with Crippen molar-refractivity contribution in [3.63, 3.8) is 0 Å². The molecule has 0 saturated heterocycles. The van der Waals surface area contributed by atoms with Crippen LogP contribution in [0, 0.1) is 13.8 Å². The molecule has 1 aliphatic carbocycles. The summed E-state index contributed by atoms with van der Waals surface area (Å²) in [5.41, 5.74) is 15.7. The number of aryl methyl sites for hydroxylation is 2. The van der Waals surface area contributed by atoms with Crippen LogP contribution in [-0.4, -0.2) is 0 Å². The lowest BCUT2D eigenvalue weighted by Crippen LogP contribution is -2.16. The normalized spacial score (nSPS) is 14.1. The summed E-state index contributed by atoms with van der Waals surface area (Å²) in [6, 6.07) is 44.8.